The highest BCUT2D eigenvalue weighted by Crippen LogP contribution is 2.33. The van der Waals surface area contributed by atoms with Crippen LogP contribution in [0.25, 0.3) is 0 Å². The molecule has 1 aliphatic heterocycles. The summed E-state index contributed by atoms with van der Waals surface area (Å²) in [7, 11) is 0. The van der Waals surface area contributed by atoms with E-state index in [0.717, 1.165) is 11.1 Å². The van der Waals surface area contributed by atoms with Gasteiger partial charge in [0.15, 0.2) is 0 Å². The Kier molecular flexibility index (Phi) is 2.40. The number of hydrogen-bond donors (Lipinski definition) is 1. The first-order chi connectivity index (χ1) is 7.20. The number of nitrogens with zero attached hydrogens (tertiary/aromatic N) is 1. The van der Waals surface area contributed by atoms with Crippen LogP contribution in [0.5, 0.6) is 0 Å². The van der Waals surface area contributed by atoms with E-state index in [1.165, 1.54) is 0 Å². The Hall–Kier alpha value is -1.86. The SMILES string of the molecule is N#Cc1ccc2c(c1)COC2CC(=O)O. The molecule has 2 rings (SSSR count). The van der Waals surface area contributed by atoms with Gasteiger partial charge in [-0.3, -0.25) is 4.79 Å². The van der Waals surface area contributed by atoms with Gasteiger partial charge in [0.1, 0.15) is 0 Å². The van der Waals surface area contributed by atoms with Crippen LogP contribution in [0.4, 0.5) is 0 Å². The lowest BCUT2D eigenvalue weighted by atomic mass is 10.0. The van der Waals surface area contributed by atoms with Crippen molar-refractivity contribution in [2.24, 2.45) is 0 Å². The van der Waals surface area contributed by atoms with Crippen molar-refractivity contribution in [3.63, 3.8) is 0 Å². The van der Waals surface area contributed by atoms with E-state index in [1.807, 2.05) is 6.07 Å². The lowest BCUT2D eigenvalue weighted by molar-refractivity contribution is -0.140. The van der Waals surface area contributed by atoms with Crippen LogP contribution in [-0.4, -0.2) is 11.1 Å². The summed E-state index contributed by atoms with van der Waals surface area (Å²) in [6, 6.07) is 7.24. The largest absolute Gasteiger partial charge is 0.481 e. The molecule has 1 atom stereocenters. The second-order valence-corrected chi connectivity index (χ2v) is 3.42. The normalized spacial score (nSPS) is 18.2. The predicted octanol–water partition coefficient (Wildman–Crippen LogP) is 1.60. The Morgan fingerprint density at radius 1 is 1.67 bits per heavy atom. The van der Waals surface area contributed by atoms with Crippen LogP contribution >= 0.6 is 0 Å². The zero-order valence-corrected chi connectivity index (χ0v) is 7.93. The smallest absolute Gasteiger partial charge is 0.306 e. The van der Waals surface area contributed by atoms with E-state index in [2.05, 4.69) is 0 Å². The molecule has 15 heavy (non-hydrogen) atoms. The fourth-order valence-electron chi connectivity index (χ4n) is 1.72. The van der Waals surface area contributed by atoms with Gasteiger partial charge in [-0.15, -0.1) is 0 Å². The summed E-state index contributed by atoms with van der Waals surface area (Å²) < 4.78 is 5.34. The monoisotopic (exact) mass is 203 g/mol. The van der Waals surface area contributed by atoms with E-state index < -0.39 is 5.97 Å². The maximum Gasteiger partial charge on any atom is 0.306 e. The number of nitriles is 1. The molecule has 0 spiro atoms. The van der Waals surface area contributed by atoms with Crippen molar-refractivity contribution < 1.29 is 14.6 Å². The van der Waals surface area contributed by atoms with Crippen LogP contribution in [0.15, 0.2) is 18.2 Å². The van der Waals surface area contributed by atoms with Crippen LogP contribution in [-0.2, 0) is 16.1 Å². The summed E-state index contributed by atoms with van der Waals surface area (Å²) in [5.41, 5.74) is 2.38. The zero-order chi connectivity index (χ0) is 10.8. The Morgan fingerprint density at radius 2 is 2.47 bits per heavy atom. The summed E-state index contributed by atoms with van der Waals surface area (Å²) in [5.74, 6) is -0.878. The summed E-state index contributed by atoms with van der Waals surface area (Å²) in [4.78, 5) is 10.6. The average molecular weight is 203 g/mol. The molecular weight excluding hydrogens is 194 g/mol. The fraction of sp³-hybridized carbons (Fsp3) is 0.273. The first kappa shape index (κ1) is 9.69. The van der Waals surface area contributed by atoms with Gasteiger partial charge in [-0.25, -0.2) is 0 Å². The van der Waals surface area contributed by atoms with E-state index in [9.17, 15) is 4.79 Å². The lowest BCUT2D eigenvalue weighted by Crippen LogP contribution is -2.04. The van der Waals surface area contributed by atoms with Crippen LogP contribution in [0.3, 0.4) is 0 Å². The number of aliphatic carboxylic acids is 1. The molecule has 0 fully saturated rings. The molecule has 0 aliphatic carbocycles. The molecule has 1 heterocycles. The molecule has 0 saturated heterocycles. The molecule has 1 aliphatic rings. The molecule has 1 aromatic rings. The molecule has 1 aromatic carbocycles. The maximum atomic E-state index is 10.6. The molecule has 0 aromatic heterocycles. The van der Waals surface area contributed by atoms with Crippen LogP contribution in [0.1, 0.15) is 29.2 Å². The van der Waals surface area contributed by atoms with Gasteiger partial charge in [0, 0.05) is 0 Å². The topological polar surface area (TPSA) is 70.3 Å². The number of fused-ring (bicyclic) bond motifs is 1. The molecular formula is C11H9NO3. The van der Waals surface area contributed by atoms with E-state index >= 15 is 0 Å². The quantitative estimate of drug-likeness (QED) is 0.792. The van der Waals surface area contributed by atoms with E-state index in [4.69, 9.17) is 15.1 Å². The first-order valence-electron chi connectivity index (χ1n) is 4.57. The van der Waals surface area contributed by atoms with Gasteiger partial charge in [0.25, 0.3) is 0 Å². The standard InChI is InChI=1S/C11H9NO3/c12-5-7-1-2-9-8(3-7)6-15-10(9)4-11(13)14/h1-3,10H,4,6H2,(H,13,14). The van der Waals surface area contributed by atoms with Crippen molar-refractivity contribution in [2.45, 2.75) is 19.1 Å². The van der Waals surface area contributed by atoms with Crippen molar-refractivity contribution in [3.8, 4) is 6.07 Å². The van der Waals surface area contributed by atoms with Gasteiger partial charge < -0.3 is 9.84 Å². The summed E-state index contributed by atoms with van der Waals surface area (Å²) in [5, 5.41) is 17.4. The van der Waals surface area contributed by atoms with Crippen molar-refractivity contribution in [1.29, 1.82) is 5.26 Å². The third-order valence-corrected chi connectivity index (χ3v) is 2.42. The van der Waals surface area contributed by atoms with Crippen LogP contribution in [0, 0.1) is 11.3 Å². The number of benzene rings is 1. The summed E-state index contributed by atoms with van der Waals surface area (Å²) in [6.07, 6.45) is -0.399. The van der Waals surface area contributed by atoms with E-state index in [-0.39, 0.29) is 12.5 Å². The van der Waals surface area contributed by atoms with Gasteiger partial charge in [-0.1, -0.05) is 6.07 Å². The molecule has 4 heteroatoms. The van der Waals surface area contributed by atoms with Gasteiger partial charge in [-0.2, -0.15) is 5.26 Å². The number of carbonyl (C=O) groups is 1. The van der Waals surface area contributed by atoms with Crippen LogP contribution < -0.4 is 0 Å². The number of hydrogen-bond acceptors (Lipinski definition) is 3. The second kappa shape index (κ2) is 3.71. The lowest BCUT2D eigenvalue weighted by Gasteiger charge is -2.07. The van der Waals surface area contributed by atoms with Gasteiger partial charge in [0.05, 0.1) is 30.8 Å². The Labute approximate surface area is 86.7 Å². The van der Waals surface area contributed by atoms with E-state index in [0.29, 0.717) is 12.2 Å². The Morgan fingerprint density at radius 3 is 3.13 bits per heavy atom. The Bertz CT molecular complexity index is 448. The molecule has 1 unspecified atom stereocenters. The summed E-state index contributed by atoms with van der Waals surface area (Å²) >= 11 is 0. The number of ether oxygens (including phenoxy) is 1. The first-order valence-corrected chi connectivity index (χ1v) is 4.57. The molecule has 1 N–H and O–H groups in total. The van der Waals surface area contributed by atoms with Crippen molar-refractivity contribution in [2.75, 3.05) is 0 Å². The number of carboxylic acids is 1. The second-order valence-electron chi connectivity index (χ2n) is 3.42. The highest BCUT2D eigenvalue weighted by molar-refractivity contribution is 5.68. The van der Waals surface area contributed by atoms with Crippen molar-refractivity contribution >= 4 is 5.97 Å². The minimum atomic E-state index is -0.878. The third kappa shape index (κ3) is 1.83. The van der Waals surface area contributed by atoms with E-state index in [1.54, 1.807) is 18.2 Å². The highest BCUT2D eigenvalue weighted by Gasteiger charge is 2.25. The number of carboxylic acid groups (broad SMARTS) is 1. The predicted molar refractivity (Wildman–Crippen MR) is 50.9 cm³/mol. The molecule has 4 nitrogen and oxygen atoms in total. The van der Waals surface area contributed by atoms with Gasteiger partial charge in [-0.05, 0) is 23.3 Å². The Balaban J connectivity index is 2.29. The molecule has 0 bridgehead atoms. The number of rotatable bonds is 2. The summed E-state index contributed by atoms with van der Waals surface area (Å²) in [6.45, 7) is 0.392. The van der Waals surface area contributed by atoms with Gasteiger partial charge in [0.2, 0.25) is 0 Å². The molecule has 0 amide bonds. The van der Waals surface area contributed by atoms with Crippen molar-refractivity contribution in [3.05, 3.63) is 34.9 Å². The molecule has 76 valence electrons. The van der Waals surface area contributed by atoms with Crippen molar-refractivity contribution in [1.82, 2.24) is 0 Å². The van der Waals surface area contributed by atoms with Crippen LogP contribution in [0.2, 0.25) is 0 Å². The highest BCUT2D eigenvalue weighted by atomic mass is 16.5. The maximum absolute atomic E-state index is 10.6. The third-order valence-electron chi connectivity index (χ3n) is 2.42. The fourth-order valence-corrected chi connectivity index (χ4v) is 1.72. The average Bonchev–Trinajstić information content (AvgIpc) is 2.60. The molecule has 0 saturated carbocycles. The minimum absolute atomic E-state index is 0.0289. The molecule has 0 radical (unpaired) electrons. The van der Waals surface area contributed by atoms with Gasteiger partial charge >= 0.3 is 5.97 Å². The minimum Gasteiger partial charge on any atom is -0.481 e. The zero-order valence-electron chi connectivity index (χ0n) is 7.93.